The summed E-state index contributed by atoms with van der Waals surface area (Å²) in [6.07, 6.45) is 2.48. The summed E-state index contributed by atoms with van der Waals surface area (Å²) in [6.45, 7) is 4.76. The van der Waals surface area contributed by atoms with Gasteiger partial charge in [0.05, 0.1) is 11.7 Å². The van der Waals surface area contributed by atoms with Gasteiger partial charge in [0.2, 0.25) is 0 Å². The Morgan fingerprint density at radius 2 is 1.96 bits per heavy atom. The number of rotatable bonds is 6. The molecule has 1 N–H and O–H groups in total. The normalized spacial score (nSPS) is 15.7. The molecule has 27 heavy (non-hydrogen) atoms. The highest BCUT2D eigenvalue weighted by Gasteiger charge is 2.25. The third-order valence-electron chi connectivity index (χ3n) is 4.93. The van der Waals surface area contributed by atoms with E-state index in [1.165, 1.54) is 29.1 Å². The average molecular weight is 398 g/mol. The zero-order chi connectivity index (χ0) is 18.6. The molecule has 3 heterocycles. The summed E-state index contributed by atoms with van der Waals surface area (Å²) >= 11 is 3.24. The molecule has 1 amide bonds. The minimum absolute atomic E-state index is 0.0204. The summed E-state index contributed by atoms with van der Waals surface area (Å²) in [6, 6.07) is 14.6. The van der Waals surface area contributed by atoms with Gasteiger partial charge in [0, 0.05) is 17.0 Å². The number of carbonyl (C=O) groups excluding carboxylic acids is 1. The molecule has 1 atom stereocenters. The molecule has 1 fully saturated rings. The molecule has 140 valence electrons. The van der Waals surface area contributed by atoms with E-state index in [1.54, 1.807) is 11.3 Å². The van der Waals surface area contributed by atoms with Crippen LogP contribution in [0.25, 0.3) is 10.6 Å². The number of hydrogen-bond acceptors (Lipinski definition) is 5. The van der Waals surface area contributed by atoms with Gasteiger partial charge in [0.15, 0.2) is 0 Å². The molecule has 1 aliphatic heterocycles. The smallest absolute Gasteiger partial charge is 0.263 e. The van der Waals surface area contributed by atoms with E-state index in [4.69, 9.17) is 0 Å². The summed E-state index contributed by atoms with van der Waals surface area (Å²) in [7, 11) is 0. The van der Waals surface area contributed by atoms with Gasteiger partial charge in [0.25, 0.3) is 5.91 Å². The third kappa shape index (κ3) is 4.13. The minimum Gasteiger partial charge on any atom is -0.349 e. The molecule has 2 aromatic heterocycles. The monoisotopic (exact) mass is 397 g/mol. The molecule has 0 bridgehead atoms. The molecule has 1 aliphatic rings. The highest BCUT2D eigenvalue weighted by Crippen LogP contribution is 2.29. The Hall–Kier alpha value is -2.02. The molecule has 0 radical (unpaired) electrons. The zero-order valence-corrected chi connectivity index (χ0v) is 17.0. The maximum absolute atomic E-state index is 12.8. The maximum Gasteiger partial charge on any atom is 0.263 e. The fourth-order valence-electron chi connectivity index (χ4n) is 3.52. The summed E-state index contributed by atoms with van der Waals surface area (Å²) in [5, 5.41) is 6.17. The Balaban J connectivity index is 1.48. The number of likely N-dealkylation sites (tertiary alicyclic amines) is 1. The molecule has 6 heteroatoms. The average Bonchev–Trinajstić information content (AvgIpc) is 3.45. The molecule has 1 saturated heterocycles. The molecule has 3 aromatic rings. The number of thiazole rings is 1. The van der Waals surface area contributed by atoms with E-state index in [1.807, 2.05) is 37.3 Å². The van der Waals surface area contributed by atoms with Crippen molar-refractivity contribution in [1.29, 1.82) is 0 Å². The molecule has 4 rings (SSSR count). The Morgan fingerprint density at radius 1 is 1.19 bits per heavy atom. The zero-order valence-electron chi connectivity index (χ0n) is 15.4. The van der Waals surface area contributed by atoms with Crippen molar-refractivity contribution in [2.45, 2.75) is 25.8 Å². The quantitative estimate of drug-likeness (QED) is 0.653. The van der Waals surface area contributed by atoms with Crippen molar-refractivity contribution in [2.75, 3.05) is 19.6 Å². The van der Waals surface area contributed by atoms with E-state index >= 15 is 0 Å². The number of nitrogens with zero attached hydrogens (tertiary/aromatic N) is 2. The van der Waals surface area contributed by atoms with Gasteiger partial charge in [-0.25, -0.2) is 4.98 Å². The van der Waals surface area contributed by atoms with Crippen molar-refractivity contribution in [3.05, 3.63) is 63.3 Å². The number of hydrogen-bond donors (Lipinski definition) is 1. The number of aryl methyl sites for hydroxylation is 1. The van der Waals surface area contributed by atoms with Crippen LogP contribution in [0.2, 0.25) is 0 Å². The van der Waals surface area contributed by atoms with Crippen LogP contribution in [-0.4, -0.2) is 35.4 Å². The van der Waals surface area contributed by atoms with Gasteiger partial charge in [-0.1, -0.05) is 36.4 Å². The molecule has 0 unspecified atom stereocenters. The van der Waals surface area contributed by atoms with Crippen LogP contribution in [-0.2, 0) is 0 Å². The fraction of sp³-hybridized carbons (Fsp3) is 0.333. The number of amides is 1. The van der Waals surface area contributed by atoms with Crippen LogP contribution in [0.3, 0.4) is 0 Å². The van der Waals surface area contributed by atoms with Crippen LogP contribution >= 0.6 is 22.7 Å². The van der Waals surface area contributed by atoms with E-state index in [-0.39, 0.29) is 11.9 Å². The van der Waals surface area contributed by atoms with E-state index in [9.17, 15) is 4.79 Å². The molecule has 4 nitrogen and oxygen atoms in total. The van der Waals surface area contributed by atoms with Gasteiger partial charge in [-0.2, -0.15) is 0 Å². The lowest BCUT2D eigenvalue weighted by atomic mass is 10.2. The predicted molar refractivity (Wildman–Crippen MR) is 112 cm³/mol. The van der Waals surface area contributed by atoms with E-state index in [0.29, 0.717) is 11.4 Å². The van der Waals surface area contributed by atoms with Crippen molar-refractivity contribution in [3.8, 4) is 10.6 Å². The minimum atomic E-state index is -0.0204. The fourth-order valence-corrected chi connectivity index (χ4v) is 5.37. The van der Waals surface area contributed by atoms with Gasteiger partial charge < -0.3 is 5.32 Å². The first-order valence-corrected chi connectivity index (χ1v) is 11.0. The largest absolute Gasteiger partial charge is 0.349 e. The topological polar surface area (TPSA) is 45.2 Å². The van der Waals surface area contributed by atoms with Crippen molar-refractivity contribution < 1.29 is 4.79 Å². The van der Waals surface area contributed by atoms with Crippen molar-refractivity contribution in [3.63, 3.8) is 0 Å². The second-order valence-electron chi connectivity index (χ2n) is 6.78. The Labute approximate surface area is 167 Å². The first-order valence-electron chi connectivity index (χ1n) is 9.31. The van der Waals surface area contributed by atoms with Crippen molar-refractivity contribution in [1.82, 2.24) is 15.2 Å². The molecule has 0 spiro atoms. The number of thiophene rings is 1. The van der Waals surface area contributed by atoms with E-state index < -0.39 is 0 Å². The van der Waals surface area contributed by atoms with Crippen LogP contribution in [0.4, 0.5) is 0 Å². The second-order valence-corrected chi connectivity index (χ2v) is 8.76. The van der Waals surface area contributed by atoms with Crippen molar-refractivity contribution in [2.24, 2.45) is 0 Å². The summed E-state index contributed by atoms with van der Waals surface area (Å²) < 4.78 is 0. The number of carbonyl (C=O) groups is 1. The predicted octanol–water partition coefficient (Wildman–Crippen LogP) is 4.75. The SMILES string of the molecule is Cc1nc(-c2ccccc2)sc1C(=O)NC[C@H](c1cccs1)N1CCCC1. The maximum atomic E-state index is 12.8. The lowest BCUT2D eigenvalue weighted by molar-refractivity contribution is 0.0941. The standard InChI is InChI=1S/C21H23N3OS2/c1-15-19(27-21(23-15)16-8-3-2-4-9-16)20(25)22-14-17(18-10-7-13-26-18)24-11-5-6-12-24/h2-4,7-10,13,17H,5-6,11-12,14H2,1H3,(H,22,25)/t17-/m1/s1. The molecule has 0 aliphatic carbocycles. The van der Waals surface area contributed by atoms with Gasteiger partial charge >= 0.3 is 0 Å². The van der Waals surface area contributed by atoms with Crippen LogP contribution < -0.4 is 5.32 Å². The second kappa shape index (κ2) is 8.33. The van der Waals surface area contributed by atoms with Gasteiger partial charge in [-0.15, -0.1) is 22.7 Å². The van der Waals surface area contributed by atoms with Crippen LogP contribution in [0, 0.1) is 6.92 Å². The number of benzene rings is 1. The van der Waals surface area contributed by atoms with E-state index in [2.05, 4.69) is 32.7 Å². The number of aromatic nitrogens is 1. The number of nitrogens with one attached hydrogen (secondary N) is 1. The highest BCUT2D eigenvalue weighted by atomic mass is 32.1. The summed E-state index contributed by atoms with van der Waals surface area (Å²) in [4.78, 5) is 22.0. The van der Waals surface area contributed by atoms with Crippen LogP contribution in [0.15, 0.2) is 47.8 Å². The molecule has 1 aromatic carbocycles. The molecular formula is C21H23N3OS2. The molecule has 0 saturated carbocycles. The Bertz CT molecular complexity index is 884. The van der Waals surface area contributed by atoms with Crippen LogP contribution in [0.5, 0.6) is 0 Å². The van der Waals surface area contributed by atoms with Gasteiger partial charge in [0.1, 0.15) is 9.88 Å². The summed E-state index contributed by atoms with van der Waals surface area (Å²) in [5.41, 5.74) is 1.85. The Morgan fingerprint density at radius 3 is 2.67 bits per heavy atom. The van der Waals surface area contributed by atoms with Gasteiger partial charge in [-0.05, 0) is 44.3 Å². The third-order valence-corrected chi connectivity index (χ3v) is 7.11. The van der Waals surface area contributed by atoms with Crippen molar-refractivity contribution >= 4 is 28.6 Å². The highest BCUT2D eigenvalue weighted by molar-refractivity contribution is 7.17. The van der Waals surface area contributed by atoms with E-state index in [0.717, 1.165) is 29.4 Å². The first-order chi connectivity index (χ1) is 13.2. The first kappa shape index (κ1) is 18.3. The van der Waals surface area contributed by atoms with Crippen LogP contribution in [0.1, 0.15) is 39.1 Å². The lowest BCUT2D eigenvalue weighted by Gasteiger charge is -2.26. The summed E-state index contributed by atoms with van der Waals surface area (Å²) in [5.74, 6) is -0.0204. The Kier molecular flexibility index (Phi) is 5.66. The molecular weight excluding hydrogens is 374 g/mol. The van der Waals surface area contributed by atoms with Gasteiger partial charge in [-0.3, -0.25) is 9.69 Å². The lowest BCUT2D eigenvalue weighted by Crippen LogP contribution is -2.36.